The number of fused-ring (bicyclic) bond motifs is 4. The van der Waals surface area contributed by atoms with Gasteiger partial charge in [-0.3, -0.25) is 14.3 Å². The van der Waals surface area contributed by atoms with E-state index >= 15 is 0 Å². The molecule has 0 spiro atoms. The van der Waals surface area contributed by atoms with E-state index in [1.807, 2.05) is 12.1 Å². The summed E-state index contributed by atoms with van der Waals surface area (Å²) >= 11 is 0. The van der Waals surface area contributed by atoms with E-state index < -0.39 is 5.69 Å². The number of nitrogens with zero attached hydrogens (tertiary/aromatic N) is 3. The van der Waals surface area contributed by atoms with Crippen LogP contribution in [0.3, 0.4) is 0 Å². The normalized spacial score (nSPS) is 22.2. The molecule has 158 valence electrons. The molecule has 2 aliphatic rings. The van der Waals surface area contributed by atoms with Crippen molar-refractivity contribution in [2.75, 3.05) is 13.7 Å². The molecule has 3 atom stereocenters. The predicted octanol–water partition coefficient (Wildman–Crippen LogP) is 1.62. The zero-order valence-electron chi connectivity index (χ0n) is 16.6. The Bertz CT molecular complexity index is 1190. The molecular formula is C21H24ClN5O3. The number of halogens is 1. The third-order valence-corrected chi connectivity index (χ3v) is 6.42. The maximum atomic E-state index is 12.7. The molecule has 5 rings (SSSR count). The Labute approximate surface area is 179 Å². The highest BCUT2D eigenvalue weighted by Crippen LogP contribution is 2.45. The molecule has 0 bridgehead atoms. The van der Waals surface area contributed by atoms with Crippen molar-refractivity contribution in [1.29, 1.82) is 0 Å². The topological polar surface area (TPSA) is 102 Å². The smallest absolute Gasteiger partial charge is 0.329 e. The standard InChI is InChI=1S/C21H23N5O3.ClH/c1-29-17-4-2-3-14-13(17)6-5-12-9-23-16(18(12)14)7-8-26-20(27)15-10-22-11-24-19(15)25-21(26)28;/h2-4,10-12,16,18,23H,5-9H2,1H3,(H,22,24,25,28);1H/t12-,16?,18+;/m0./s1. The SMILES string of the molecule is COc1cccc2c1CC[C@H]1CNC(CCn3c(=O)[nH]c4ncncc4c3=O)[C@@H]21.Cl. The Balaban J connectivity index is 0.00000218. The van der Waals surface area contributed by atoms with Crippen molar-refractivity contribution < 1.29 is 4.74 Å². The van der Waals surface area contributed by atoms with Crippen molar-refractivity contribution in [3.63, 3.8) is 0 Å². The van der Waals surface area contributed by atoms with Gasteiger partial charge in [0, 0.05) is 24.7 Å². The molecule has 2 aromatic heterocycles. The summed E-state index contributed by atoms with van der Waals surface area (Å²) in [5.74, 6) is 1.89. The summed E-state index contributed by atoms with van der Waals surface area (Å²) in [6.45, 7) is 1.31. The number of nitrogens with one attached hydrogen (secondary N) is 2. The van der Waals surface area contributed by atoms with Crippen LogP contribution in [0.4, 0.5) is 0 Å². The summed E-state index contributed by atoms with van der Waals surface area (Å²) in [6, 6.07) is 6.47. The molecule has 2 N–H and O–H groups in total. The van der Waals surface area contributed by atoms with E-state index in [2.05, 4.69) is 26.3 Å². The average Bonchev–Trinajstić information content (AvgIpc) is 3.16. The first-order valence-electron chi connectivity index (χ1n) is 9.99. The molecule has 9 heteroatoms. The fraction of sp³-hybridized carbons (Fsp3) is 0.429. The zero-order valence-corrected chi connectivity index (χ0v) is 17.4. The molecule has 1 aromatic carbocycles. The van der Waals surface area contributed by atoms with Gasteiger partial charge in [0.25, 0.3) is 5.56 Å². The fourth-order valence-corrected chi connectivity index (χ4v) is 5.07. The lowest BCUT2D eigenvalue weighted by atomic mass is 9.73. The maximum Gasteiger partial charge on any atom is 0.329 e. The first-order valence-corrected chi connectivity index (χ1v) is 9.99. The van der Waals surface area contributed by atoms with Crippen LogP contribution in [0.2, 0.25) is 0 Å². The molecule has 3 aromatic rings. The Hall–Kier alpha value is -2.71. The molecule has 0 saturated carbocycles. The zero-order chi connectivity index (χ0) is 20.0. The van der Waals surface area contributed by atoms with E-state index in [1.165, 1.54) is 28.2 Å². The van der Waals surface area contributed by atoms with Gasteiger partial charge in [-0.2, -0.15) is 0 Å². The minimum Gasteiger partial charge on any atom is -0.496 e. The molecule has 0 radical (unpaired) electrons. The summed E-state index contributed by atoms with van der Waals surface area (Å²) < 4.78 is 6.83. The quantitative estimate of drug-likeness (QED) is 0.653. The fourth-order valence-electron chi connectivity index (χ4n) is 5.07. The second kappa shape index (κ2) is 8.20. The van der Waals surface area contributed by atoms with Crippen LogP contribution in [0.1, 0.15) is 29.9 Å². The summed E-state index contributed by atoms with van der Waals surface area (Å²) in [4.78, 5) is 35.7. The largest absolute Gasteiger partial charge is 0.496 e. The number of H-pyrrole nitrogens is 1. The number of aromatic amines is 1. The minimum atomic E-state index is -0.429. The lowest BCUT2D eigenvalue weighted by molar-refractivity contribution is 0.371. The van der Waals surface area contributed by atoms with Gasteiger partial charge in [0.2, 0.25) is 0 Å². The van der Waals surface area contributed by atoms with Crippen molar-refractivity contribution in [3.8, 4) is 5.75 Å². The van der Waals surface area contributed by atoms with E-state index in [9.17, 15) is 9.59 Å². The van der Waals surface area contributed by atoms with Gasteiger partial charge in [-0.15, -0.1) is 12.4 Å². The second-order valence-electron chi connectivity index (χ2n) is 7.83. The Kier molecular flexibility index (Phi) is 5.62. The molecule has 1 unspecified atom stereocenters. The molecule has 8 nitrogen and oxygen atoms in total. The predicted molar refractivity (Wildman–Crippen MR) is 116 cm³/mol. The van der Waals surface area contributed by atoms with Crippen LogP contribution in [0, 0.1) is 5.92 Å². The molecule has 1 saturated heterocycles. The lowest BCUT2D eigenvalue weighted by Crippen LogP contribution is -2.38. The van der Waals surface area contributed by atoms with Crippen molar-refractivity contribution >= 4 is 23.4 Å². The van der Waals surface area contributed by atoms with Crippen LogP contribution in [0.5, 0.6) is 5.75 Å². The first-order chi connectivity index (χ1) is 14.2. The molecule has 30 heavy (non-hydrogen) atoms. The van der Waals surface area contributed by atoms with Crippen LogP contribution < -0.4 is 21.3 Å². The molecule has 1 aliphatic heterocycles. The van der Waals surface area contributed by atoms with Gasteiger partial charge in [0.15, 0.2) is 0 Å². The lowest BCUT2D eigenvalue weighted by Gasteiger charge is -2.32. The molecular weight excluding hydrogens is 406 g/mol. The summed E-state index contributed by atoms with van der Waals surface area (Å²) in [5, 5.41) is 3.96. The molecule has 3 heterocycles. The van der Waals surface area contributed by atoms with Gasteiger partial charge in [0.1, 0.15) is 23.1 Å². The number of ether oxygens (including phenoxy) is 1. The van der Waals surface area contributed by atoms with Crippen LogP contribution in [0.15, 0.2) is 40.3 Å². The Morgan fingerprint density at radius 3 is 3.00 bits per heavy atom. The maximum absolute atomic E-state index is 12.7. The average molecular weight is 430 g/mol. The Morgan fingerprint density at radius 2 is 2.17 bits per heavy atom. The number of aromatic nitrogens is 4. The van der Waals surface area contributed by atoms with Crippen molar-refractivity contribution in [3.05, 3.63) is 62.7 Å². The number of rotatable bonds is 4. The highest BCUT2D eigenvalue weighted by Gasteiger charge is 2.40. The second-order valence-corrected chi connectivity index (χ2v) is 7.83. The summed E-state index contributed by atoms with van der Waals surface area (Å²) in [6.07, 6.45) is 5.61. The van der Waals surface area contributed by atoms with Gasteiger partial charge >= 0.3 is 5.69 Å². The van der Waals surface area contributed by atoms with Crippen LogP contribution in [-0.4, -0.2) is 39.2 Å². The van der Waals surface area contributed by atoms with Crippen LogP contribution in [-0.2, 0) is 13.0 Å². The van der Waals surface area contributed by atoms with E-state index in [0.717, 1.165) is 25.1 Å². The van der Waals surface area contributed by atoms with Crippen molar-refractivity contribution in [1.82, 2.24) is 24.8 Å². The van der Waals surface area contributed by atoms with E-state index in [0.29, 0.717) is 30.2 Å². The number of hydrogen-bond acceptors (Lipinski definition) is 6. The van der Waals surface area contributed by atoms with Gasteiger partial charge in [-0.1, -0.05) is 12.1 Å². The van der Waals surface area contributed by atoms with Crippen molar-refractivity contribution in [2.45, 2.75) is 37.8 Å². The monoisotopic (exact) mass is 429 g/mol. The van der Waals surface area contributed by atoms with E-state index in [1.54, 1.807) is 7.11 Å². The highest BCUT2D eigenvalue weighted by molar-refractivity contribution is 5.85. The number of benzene rings is 1. The number of hydrogen-bond donors (Lipinski definition) is 2. The summed E-state index contributed by atoms with van der Waals surface area (Å²) in [5.41, 5.74) is 2.14. The van der Waals surface area contributed by atoms with Gasteiger partial charge in [-0.05, 0) is 48.9 Å². The first kappa shape index (κ1) is 20.6. The van der Waals surface area contributed by atoms with E-state index in [4.69, 9.17) is 4.74 Å². The molecule has 1 fully saturated rings. The summed E-state index contributed by atoms with van der Waals surface area (Å²) in [7, 11) is 1.72. The van der Waals surface area contributed by atoms with Gasteiger partial charge in [-0.25, -0.2) is 14.8 Å². The number of methoxy groups -OCH3 is 1. The minimum absolute atomic E-state index is 0. The highest BCUT2D eigenvalue weighted by atomic mass is 35.5. The van der Waals surface area contributed by atoms with Crippen LogP contribution >= 0.6 is 12.4 Å². The van der Waals surface area contributed by atoms with E-state index in [-0.39, 0.29) is 29.7 Å². The molecule has 1 aliphatic carbocycles. The van der Waals surface area contributed by atoms with Gasteiger partial charge < -0.3 is 10.1 Å². The third-order valence-electron chi connectivity index (χ3n) is 6.42. The van der Waals surface area contributed by atoms with Crippen LogP contribution in [0.25, 0.3) is 11.0 Å². The third kappa shape index (κ3) is 3.30. The Morgan fingerprint density at radius 1 is 1.30 bits per heavy atom. The van der Waals surface area contributed by atoms with Gasteiger partial charge in [0.05, 0.1) is 7.11 Å². The molecule has 0 amide bonds. The van der Waals surface area contributed by atoms with Crippen molar-refractivity contribution in [2.24, 2.45) is 5.92 Å².